The highest BCUT2D eigenvalue weighted by Crippen LogP contribution is 2.22. The summed E-state index contributed by atoms with van der Waals surface area (Å²) in [5.74, 6) is -1.32. The highest BCUT2D eigenvalue weighted by molar-refractivity contribution is 7.92. The fraction of sp³-hybridized carbons (Fsp3) is 0.500. The zero-order chi connectivity index (χ0) is 33.7. The minimum atomic E-state index is -3.70. The minimum Gasteiger partial charge on any atom is -0.396 e. The van der Waals surface area contributed by atoms with Crippen molar-refractivity contribution in [3.8, 4) is 0 Å². The number of nitrogens with zero attached hydrogens (tertiary/aromatic N) is 1. The van der Waals surface area contributed by atoms with Gasteiger partial charge in [0.1, 0.15) is 0 Å². The molecule has 2 rings (SSSR count). The average molecular weight is 662 g/mol. The molecule has 0 spiro atoms. The van der Waals surface area contributed by atoms with E-state index in [0.29, 0.717) is 19.1 Å². The van der Waals surface area contributed by atoms with Crippen LogP contribution in [-0.2, 0) is 14.8 Å². The van der Waals surface area contributed by atoms with Gasteiger partial charge in [0.15, 0.2) is 0 Å². The number of anilines is 1. The Kier molecular flexibility index (Phi) is 15.1. The average Bonchev–Trinajstić information content (AvgIpc) is 3.01. The largest absolute Gasteiger partial charge is 0.396 e. The maximum absolute atomic E-state index is 13.6. The second kappa shape index (κ2) is 18.0. The quantitative estimate of drug-likeness (QED) is 0.154. The summed E-state index contributed by atoms with van der Waals surface area (Å²) < 4.78 is 25.8. The lowest BCUT2D eigenvalue weighted by atomic mass is 10.0. The third kappa shape index (κ3) is 12.2. The van der Waals surface area contributed by atoms with E-state index in [1.54, 1.807) is 6.92 Å². The Hall–Kier alpha value is -3.31. The summed E-state index contributed by atoms with van der Waals surface area (Å²) in [7, 11) is -1.46. The Morgan fingerprint density at radius 3 is 2.09 bits per heavy atom. The molecule has 248 valence electrons. The molecule has 0 aromatic heterocycles. The number of benzene rings is 2. The van der Waals surface area contributed by atoms with E-state index in [0.717, 1.165) is 24.3 Å². The van der Waals surface area contributed by atoms with Gasteiger partial charge in [-0.2, -0.15) is 0 Å². The topological polar surface area (TPSA) is 157 Å². The predicted octanol–water partition coefficient (Wildman–Crippen LogP) is 2.80. The molecule has 3 amide bonds. The zero-order valence-electron chi connectivity index (χ0n) is 27.0. The van der Waals surface area contributed by atoms with E-state index in [-0.39, 0.29) is 53.8 Å². The first-order chi connectivity index (χ1) is 21.2. The Morgan fingerprint density at radius 1 is 0.956 bits per heavy atom. The Morgan fingerprint density at radius 2 is 1.56 bits per heavy atom. The first-order valence-electron chi connectivity index (χ1n) is 15.0. The van der Waals surface area contributed by atoms with Crippen molar-refractivity contribution in [3.05, 3.63) is 65.2 Å². The number of hydrogen-bond donors (Lipinski definition) is 5. The van der Waals surface area contributed by atoms with Crippen LogP contribution in [0.1, 0.15) is 66.4 Å². The number of rotatable bonds is 18. The number of hydrogen-bond acceptors (Lipinski definition) is 7. The van der Waals surface area contributed by atoms with Crippen molar-refractivity contribution in [2.45, 2.75) is 52.2 Å². The lowest BCUT2D eigenvalue weighted by Gasteiger charge is -2.27. The molecule has 5 N–H and O–H groups in total. The van der Waals surface area contributed by atoms with Gasteiger partial charge >= 0.3 is 0 Å². The van der Waals surface area contributed by atoms with Crippen molar-refractivity contribution in [2.24, 2.45) is 11.8 Å². The van der Waals surface area contributed by atoms with Crippen LogP contribution >= 0.6 is 8.20 Å². The number of carbonyl (C=O) groups is 3. The van der Waals surface area contributed by atoms with E-state index < -0.39 is 33.9 Å². The summed E-state index contributed by atoms with van der Waals surface area (Å²) in [5.41, 5.74) is 1.28. The minimum absolute atomic E-state index is 0.104. The van der Waals surface area contributed by atoms with Crippen LogP contribution in [0.4, 0.5) is 5.69 Å². The zero-order valence-corrected chi connectivity index (χ0v) is 28.8. The summed E-state index contributed by atoms with van der Waals surface area (Å²) in [6, 6.07) is 12.2. The maximum atomic E-state index is 13.6. The molecule has 11 nitrogen and oxygen atoms in total. The van der Waals surface area contributed by atoms with Crippen LogP contribution in [0.2, 0.25) is 0 Å². The second-order valence-corrected chi connectivity index (χ2v) is 14.6. The van der Waals surface area contributed by atoms with Crippen LogP contribution in [0.5, 0.6) is 0 Å². The summed E-state index contributed by atoms with van der Waals surface area (Å²) in [4.78, 5) is 39.9. The number of amides is 3. The fourth-order valence-corrected chi connectivity index (χ4v) is 5.42. The Bertz CT molecular complexity index is 1410. The molecule has 2 aromatic rings. The molecule has 13 heteroatoms. The van der Waals surface area contributed by atoms with E-state index in [4.69, 9.17) is 0 Å². The lowest BCUT2D eigenvalue weighted by Crippen LogP contribution is -2.53. The molecule has 0 fully saturated rings. The van der Waals surface area contributed by atoms with E-state index in [1.807, 2.05) is 51.1 Å². The molecular formula is C32H48N5O6PS. The standard InChI is InChI=1S/C32H48N5O6PS/c1-21(2)18-34-32(41)29(22(3)20-38)33-19-27(13-14-44-6)36-31(40)26-15-25(16-28(17-26)37(5)45(7,42)43)30(39)35-23(4)24-11-9-8-10-12-24/h8-12,15-17,21-23,27,29,33,38H,6,13-14,18-20H2,1-5,7H3,(H,34,41)(H,35,39)(H,36,40). The van der Waals surface area contributed by atoms with Crippen LogP contribution in [-0.4, -0.2) is 88.8 Å². The van der Waals surface area contributed by atoms with Crippen molar-refractivity contribution in [3.63, 3.8) is 0 Å². The van der Waals surface area contributed by atoms with Gasteiger partial charge in [0.25, 0.3) is 11.8 Å². The van der Waals surface area contributed by atoms with E-state index >= 15 is 0 Å². The normalized spacial score (nSPS) is 14.3. The van der Waals surface area contributed by atoms with Crippen molar-refractivity contribution < 1.29 is 27.9 Å². The molecule has 4 unspecified atom stereocenters. The van der Waals surface area contributed by atoms with E-state index in [1.165, 1.54) is 25.2 Å². The number of nitrogens with one attached hydrogen (secondary N) is 4. The van der Waals surface area contributed by atoms with Gasteiger partial charge in [-0.1, -0.05) is 57.4 Å². The van der Waals surface area contributed by atoms with E-state index in [9.17, 15) is 27.9 Å². The van der Waals surface area contributed by atoms with Gasteiger partial charge in [-0.05, 0) is 49.2 Å². The maximum Gasteiger partial charge on any atom is 0.251 e. The first-order valence-corrected chi connectivity index (χ1v) is 18.1. The lowest BCUT2D eigenvalue weighted by molar-refractivity contribution is -0.124. The Labute approximate surface area is 269 Å². The summed E-state index contributed by atoms with van der Waals surface area (Å²) >= 11 is 0. The molecule has 2 aromatic carbocycles. The highest BCUT2D eigenvalue weighted by Gasteiger charge is 2.26. The van der Waals surface area contributed by atoms with Gasteiger partial charge in [0.05, 0.1) is 24.0 Å². The van der Waals surface area contributed by atoms with Crippen molar-refractivity contribution in [1.29, 1.82) is 0 Å². The van der Waals surface area contributed by atoms with Crippen LogP contribution < -0.4 is 25.6 Å². The van der Waals surface area contributed by atoms with Gasteiger partial charge < -0.3 is 26.4 Å². The van der Waals surface area contributed by atoms with Crippen molar-refractivity contribution in [2.75, 3.05) is 43.5 Å². The molecule has 0 bridgehead atoms. The van der Waals surface area contributed by atoms with Crippen LogP contribution in [0.3, 0.4) is 0 Å². The molecule has 4 atom stereocenters. The monoisotopic (exact) mass is 661 g/mol. The molecule has 0 saturated carbocycles. The molecule has 0 aliphatic heterocycles. The molecule has 45 heavy (non-hydrogen) atoms. The van der Waals surface area contributed by atoms with Gasteiger partial charge in [-0.3, -0.25) is 18.7 Å². The second-order valence-electron chi connectivity index (χ2n) is 11.7. The number of carbonyl (C=O) groups excluding carboxylic acids is 3. The number of aliphatic hydroxyl groups excluding tert-OH is 1. The van der Waals surface area contributed by atoms with Crippen LogP contribution in [0, 0.1) is 11.8 Å². The third-order valence-electron chi connectivity index (χ3n) is 7.33. The van der Waals surface area contributed by atoms with Crippen LogP contribution in [0.25, 0.3) is 0 Å². The molecular weight excluding hydrogens is 613 g/mol. The van der Waals surface area contributed by atoms with E-state index in [2.05, 4.69) is 27.6 Å². The smallest absolute Gasteiger partial charge is 0.251 e. The van der Waals surface area contributed by atoms with Gasteiger partial charge in [-0.25, -0.2) is 8.42 Å². The van der Waals surface area contributed by atoms with Gasteiger partial charge in [0.2, 0.25) is 15.9 Å². The molecule has 0 saturated heterocycles. The van der Waals surface area contributed by atoms with Gasteiger partial charge in [0, 0.05) is 49.8 Å². The highest BCUT2D eigenvalue weighted by atomic mass is 32.2. The third-order valence-corrected chi connectivity index (χ3v) is 9.11. The van der Waals surface area contributed by atoms with Gasteiger partial charge in [-0.15, -0.1) is 8.20 Å². The molecule has 0 aliphatic rings. The molecule has 0 heterocycles. The molecule has 0 aliphatic carbocycles. The van der Waals surface area contributed by atoms with Crippen molar-refractivity contribution in [1.82, 2.24) is 21.3 Å². The summed E-state index contributed by atoms with van der Waals surface area (Å²) in [6.45, 7) is 8.11. The number of sulfonamides is 1. The number of aliphatic hydroxyl groups is 1. The summed E-state index contributed by atoms with van der Waals surface area (Å²) in [5, 5.41) is 21.8. The summed E-state index contributed by atoms with van der Waals surface area (Å²) in [6.07, 6.45) is 6.12. The molecule has 0 radical (unpaired) electrons. The van der Waals surface area contributed by atoms with Crippen LogP contribution in [0.15, 0.2) is 48.5 Å². The Balaban J connectivity index is 2.35. The first kappa shape index (κ1) is 37.9. The fourth-order valence-electron chi connectivity index (χ4n) is 4.43. The van der Waals surface area contributed by atoms with Crippen molar-refractivity contribution >= 4 is 47.9 Å². The predicted molar refractivity (Wildman–Crippen MR) is 183 cm³/mol. The SMILES string of the molecule is C=PCCC(CNC(C(=O)NCC(C)C)C(C)CO)NC(=O)c1cc(C(=O)NC(C)c2ccccc2)cc(N(C)S(C)(=O)=O)c1.